The molecule has 1 aliphatic heterocycles. The largest absolute Gasteiger partial charge is 0.390 e. The average molecular weight is 252 g/mol. The SMILES string of the molecule is CC1(O)CCCN(CCCn2ccc(N)n2)CC1. The van der Waals surface area contributed by atoms with Gasteiger partial charge in [-0.15, -0.1) is 0 Å². The van der Waals surface area contributed by atoms with Gasteiger partial charge in [0.1, 0.15) is 5.82 Å². The molecule has 2 heterocycles. The fraction of sp³-hybridized carbons (Fsp3) is 0.769. The van der Waals surface area contributed by atoms with Crippen molar-refractivity contribution in [2.24, 2.45) is 0 Å². The molecular weight excluding hydrogens is 228 g/mol. The maximum atomic E-state index is 10.0. The van der Waals surface area contributed by atoms with E-state index in [9.17, 15) is 5.11 Å². The lowest BCUT2D eigenvalue weighted by atomic mass is 9.98. The maximum Gasteiger partial charge on any atom is 0.145 e. The maximum absolute atomic E-state index is 10.0. The Balaban J connectivity index is 1.70. The van der Waals surface area contributed by atoms with Gasteiger partial charge in [-0.05, 0) is 51.8 Å². The summed E-state index contributed by atoms with van der Waals surface area (Å²) in [6.07, 6.45) is 5.87. The second-order valence-corrected chi connectivity index (χ2v) is 5.55. The Labute approximate surface area is 109 Å². The number of hydrogen-bond donors (Lipinski definition) is 2. The molecule has 102 valence electrons. The van der Waals surface area contributed by atoms with E-state index in [1.54, 1.807) is 0 Å². The van der Waals surface area contributed by atoms with E-state index in [2.05, 4.69) is 10.00 Å². The highest BCUT2D eigenvalue weighted by molar-refractivity contribution is 5.23. The average Bonchev–Trinajstić information content (AvgIpc) is 2.63. The first-order valence-electron chi connectivity index (χ1n) is 6.79. The normalized spacial score (nSPS) is 26.1. The van der Waals surface area contributed by atoms with E-state index in [1.165, 1.54) is 0 Å². The summed E-state index contributed by atoms with van der Waals surface area (Å²) in [5, 5.41) is 14.2. The van der Waals surface area contributed by atoms with Crippen LogP contribution in [0, 0.1) is 0 Å². The van der Waals surface area contributed by atoms with Crippen LogP contribution in [0.2, 0.25) is 0 Å². The molecule has 1 fully saturated rings. The van der Waals surface area contributed by atoms with Crippen molar-refractivity contribution in [3.05, 3.63) is 12.3 Å². The molecule has 1 aliphatic rings. The summed E-state index contributed by atoms with van der Waals surface area (Å²) in [7, 11) is 0. The van der Waals surface area contributed by atoms with Crippen molar-refractivity contribution in [2.45, 2.75) is 44.8 Å². The van der Waals surface area contributed by atoms with Crippen LogP contribution in [0.25, 0.3) is 0 Å². The molecule has 5 heteroatoms. The van der Waals surface area contributed by atoms with Gasteiger partial charge in [0.25, 0.3) is 0 Å². The van der Waals surface area contributed by atoms with E-state index in [1.807, 2.05) is 23.9 Å². The van der Waals surface area contributed by atoms with Crippen LogP contribution in [-0.2, 0) is 6.54 Å². The molecule has 1 aromatic heterocycles. The van der Waals surface area contributed by atoms with Crippen LogP contribution in [0.4, 0.5) is 5.82 Å². The van der Waals surface area contributed by atoms with E-state index >= 15 is 0 Å². The number of aromatic nitrogens is 2. The Hall–Kier alpha value is -1.07. The zero-order valence-electron chi connectivity index (χ0n) is 11.2. The van der Waals surface area contributed by atoms with E-state index in [0.717, 1.165) is 51.9 Å². The quantitative estimate of drug-likeness (QED) is 0.842. The van der Waals surface area contributed by atoms with Gasteiger partial charge < -0.3 is 15.7 Å². The molecule has 0 spiro atoms. The second-order valence-electron chi connectivity index (χ2n) is 5.55. The number of anilines is 1. The van der Waals surface area contributed by atoms with Crippen molar-refractivity contribution in [1.82, 2.24) is 14.7 Å². The molecule has 0 aliphatic carbocycles. The summed E-state index contributed by atoms with van der Waals surface area (Å²) in [5.41, 5.74) is 5.11. The summed E-state index contributed by atoms with van der Waals surface area (Å²) >= 11 is 0. The molecule has 1 aromatic rings. The van der Waals surface area contributed by atoms with Gasteiger partial charge in [-0.25, -0.2) is 0 Å². The highest BCUT2D eigenvalue weighted by Crippen LogP contribution is 2.21. The summed E-state index contributed by atoms with van der Waals surface area (Å²) in [6, 6.07) is 1.82. The van der Waals surface area contributed by atoms with Gasteiger partial charge in [0.2, 0.25) is 0 Å². The Morgan fingerprint density at radius 3 is 2.94 bits per heavy atom. The van der Waals surface area contributed by atoms with Gasteiger partial charge in [-0.2, -0.15) is 5.10 Å². The van der Waals surface area contributed by atoms with E-state index in [4.69, 9.17) is 5.73 Å². The highest BCUT2D eigenvalue weighted by atomic mass is 16.3. The van der Waals surface area contributed by atoms with Crippen LogP contribution in [0.1, 0.15) is 32.6 Å². The molecule has 18 heavy (non-hydrogen) atoms. The highest BCUT2D eigenvalue weighted by Gasteiger charge is 2.24. The van der Waals surface area contributed by atoms with Crippen molar-refractivity contribution >= 4 is 5.82 Å². The zero-order chi connectivity index (χ0) is 13.0. The molecule has 1 unspecified atom stereocenters. The van der Waals surface area contributed by atoms with E-state index in [0.29, 0.717) is 5.82 Å². The molecular formula is C13H24N4O. The first-order chi connectivity index (χ1) is 8.55. The Kier molecular flexibility index (Phi) is 4.24. The van der Waals surface area contributed by atoms with Gasteiger partial charge in [0.15, 0.2) is 0 Å². The van der Waals surface area contributed by atoms with Crippen LogP contribution in [-0.4, -0.2) is 45.0 Å². The van der Waals surface area contributed by atoms with E-state index < -0.39 is 5.60 Å². The Morgan fingerprint density at radius 2 is 2.22 bits per heavy atom. The van der Waals surface area contributed by atoms with Crippen LogP contribution in [0.5, 0.6) is 0 Å². The summed E-state index contributed by atoms with van der Waals surface area (Å²) < 4.78 is 1.89. The number of nitrogens with zero attached hydrogens (tertiary/aromatic N) is 3. The standard InChI is InChI=1S/C13H24N4O/c1-13(18)5-2-7-16(11-6-13)8-3-9-17-10-4-12(14)15-17/h4,10,18H,2-3,5-9,11H2,1H3,(H2,14,15). The van der Waals surface area contributed by atoms with Gasteiger partial charge >= 0.3 is 0 Å². The van der Waals surface area contributed by atoms with Crippen molar-refractivity contribution < 1.29 is 5.11 Å². The van der Waals surface area contributed by atoms with Crippen molar-refractivity contribution in [3.63, 3.8) is 0 Å². The molecule has 0 amide bonds. The molecule has 3 N–H and O–H groups in total. The molecule has 0 bridgehead atoms. The zero-order valence-corrected chi connectivity index (χ0v) is 11.2. The minimum absolute atomic E-state index is 0.467. The predicted octanol–water partition coefficient (Wildman–Crippen LogP) is 1.09. The monoisotopic (exact) mass is 252 g/mol. The molecule has 1 saturated heterocycles. The number of rotatable bonds is 4. The summed E-state index contributed by atoms with van der Waals surface area (Å²) in [5.74, 6) is 0.584. The van der Waals surface area contributed by atoms with Gasteiger partial charge in [-0.3, -0.25) is 4.68 Å². The first kappa shape index (κ1) is 13.4. The van der Waals surface area contributed by atoms with Crippen molar-refractivity contribution in [2.75, 3.05) is 25.4 Å². The number of aliphatic hydroxyl groups is 1. The lowest BCUT2D eigenvalue weighted by molar-refractivity contribution is 0.0446. The third kappa shape index (κ3) is 3.99. The molecule has 5 nitrogen and oxygen atoms in total. The first-order valence-corrected chi connectivity index (χ1v) is 6.79. The number of aryl methyl sites for hydroxylation is 1. The minimum atomic E-state index is -0.467. The van der Waals surface area contributed by atoms with E-state index in [-0.39, 0.29) is 0 Å². The van der Waals surface area contributed by atoms with Crippen molar-refractivity contribution in [3.8, 4) is 0 Å². The fourth-order valence-electron chi connectivity index (χ4n) is 2.50. The van der Waals surface area contributed by atoms with Gasteiger partial charge in [0.05, 0.1) is 5.60 Å². The molecule has 0 saturated carbocycles. The topological polar surface area (TPSA) is 67.3 Å². The summed E-state index contributed by atoms with van der Waals surface area (Å²) in [6.45, 7) is 6.01. The predicted molar refractivity (Wildman–Crippen MR) is 72.2 cm³/mol. The number of nitrogen functional groups attached to an aromatic ring is 1. The number of likely N-dealkylation sites (tertiary alicyclic amines) is 1. The lowest BCUT2D eigenvalue weighted by Gasteiger charge is -2.22. The van der Waals surface area contributed by atoms with Crippen LogP contribution >= 0.6 is 0 Å². The van der Waals surface area contributed by atoms with Crippen molar-refractivity contribution in [1.29, 1.82) is 0 Å². The minimum Gasteiger partial charge on any atom is -0.390 e. The molecule has 1 atom stereocenters. The lowest BCUT2D eigenvalue weighted by Crippen LogP contribution is -2.29. The number of hydrogen-bond acceptors (Lipinski definition) is 4. The smallest absolute Gasteiger partial charge is 0.145 e. The van der Waals surface area contributed by atoms with Gasteiger partial charge in [-0.1, -0.05) is 0 Å². The number of nitrogens with two attached hydrogens (primary N) is 1. The Morgan fingerprint density at radius 1 is 1.39 bits per heavy atom. The van der Waals surface area contributed by atoms with Crippen LogP contribution in [0.15, 0.2) is 12.3 Å². The third-order valence-corrected chi connectivity index (χ3v) is 3.68. The van der Waals surface area contributed by atoms with Gasteiger partial charge in [0, 0.05) is 19.3 Å². The van der Waals surface area contributed by atoms with Crippen LogP contribution in [0.3, 0.4) is 0 Å². The third-order valence-electron chi connectivity index (χ3n) is 3.68. The molecule has 2 rings (SSSR count). The molecule has 0 radical (unpaired) electrons. The Bertz CT molecular complexity index is 375. The van der Waals surface area contributed by atoms with Crippen LogP contribution < -0.4 is 5.73 Å². The molecule has 0 aromatic carbocycles. The fourth-order valence-corrected chi connectivity index (χ4v) is 2.50. The second kappa shape index (κ2) is 5.71. The summed E-state index contributed by atoms with van der Waals surface area (Å²) in [4.78, 5) is 2.44.